The van der Waals surface area contributed by atoms with Crippen LogP contribution in [0.1, 0.15) is 32.9 Å². The Morgan fingerprint density at radius 3 is 1.48 bits per heavy atom. The van der Waals surface area contributed by atoms with Crippen LogP contribution in [0.5, 0.6) is 0 Å². The van der Waals surface area contributed by atoms with Gasteiger partial charge in [-0.15, -0.1) is 0 Å². The van der Waals surface area contributed by atoms with E-state index in [2.05, 4.69) is 0 Å². The second-order valence-corrected chi connectivity index (χ2v) is 9.02. The van der Waals surface area contributed by atoms with Crippen molar-refractivity contribution in [1.29, 1.82) is 0 Å². The van der Waals surface area contributed by atoms with Crippen LogP contribution in [0.3, 0.4) is 0 Å². The molecule has 2 nitrogen and oxygen atoms in total. The van der Waals surface area contributed by atoms with Crippen LogP contribution in [-0.4, -0.2) is 0 Å². The standard InChI is InChI=1S/C40H24O2/c1-3-13-25(14-4-1)35-27-17-7-9-19-29(27)37(30-20-10-8-18-28(30)35)40-36(26-15-5-2-6-16-26)32-23-24-34-38(39(32)42-40)31-21-11-12-22-33(31)41-34/h1-24H/i1D,2D,3D,4D,5D,6D,7D,8D,9D,10D,11D,12D,13D,14D,15D,16D,17D,18D,19D,20D,21D,22D,23D,24D. The third kappa shape index (κ3) is 3.27. The number of rotatable bonds is 3. The smallest absolute Gasteiger partial charge is 0.147 e. The molecule has 0 saturated carbocycles. The Morgan fingerprint density at radius 1 is 0.357 bits per heavy atom. The predicted molar refractivity (Wildman–Crippen MR) is 175 cm³/mol. The Labute approximate surface area is 275 Å². The number of para-hydroxylation sites is 1. The molecule has 0 aliphatic rings. The topological polar surface area (TPSA) is 26.3 Å². The molecule has 0 aliphatic heterocycles. The quantitative estimate of drug-likeness (QED) is 0.201. The highest BCUT2D eigenvalue weighted by Crippen LogP contribution is 2.50. The highest BCUT2D eigenvalue weighted by atomic mass is 16.3. The number of furan rings is 2. The van der Waals surface area contributed by atoms with Gasteiger partial charge in [-0.25, -0.2) is 0 Å². The molecule has 0 spiro atoms. The maximum absolute atomic E-state index is 9.43. The van der Waals surface area contributed by atoms with E-state index in [1.54, 1.807) is 0 Å². The lowest BCUT2D eigenvalue weighted by Crippen LogP contribution is -1.91. The van der Waals surface area contributed by atoms with E-state index in [1.807, 2.05) is 0 Å². The van der Waals surface area contributed by atoms with Gasteiger partial charge in [0.05, 0.1) is 38.3 Å². The summed E-state index contributed by atoms with van der Waals surface area (Å²) in [6.07, 6.45) is 0. The molecule has 2 heterocycles. The van der Waals surface area contributed by atoms with Crippen molar-refractivity contribution in [2.45, 2.75) is 0 Å². The van der Waals surface area contributed by atoms with Gasteiger partial charge in [0.1, 0.15) is 22.5 Å². The van der Waals surface area contributed by atoms with Crippen LogP contribution in [-0.2, 0) is 0 Å². The molecule has 0 saturated heterocycles. The lowest BCUT2D eigenvalue weighted by atomic mass is 9.86. The average Bonchev–Trinajstić information content (AvgIpc) is 3.89. The van der Waals surface area contributed by atoms with Crippen molar-refractivity contribution in [3.05, 3.63) is 145 Å². The average molecular weight is 561 g/mol. The zero-order valence-electron chi connectivity index (χ0n) is 44.8. The van der Waals surface area contributed by atoms with Crippen molar-refractivity contribution in [2.24, 2.45) is 0 Å². The van der Waals surface area contributed by atoms with E-state index in [-0.39, 0.29) is 5.39 Å². The summed E-state index contributed by atoms with van der Waals surface area (Å²) in [4.78, 5) is 0. The summed E-state index contributed by atoms with van der Waals surface area (Å²) in [5, 5.41) is -4.09. The van der Waals surface area contributed by atoms with Gasteiger partial charge in [-0.3, -0.25) is 0 Å². The fourth-order valence-corrected chi connectivity index (χ4v) is 5.24. The molecule has 0 bridgehead atoms. The van der Waals surface area contributed by atoms with E-state index >= 15 is 0 Å². The summed E-state index contributed by atoms with van der Waals surface area (Å²) < 4.78 is 225. The van der Waals surface area contributed by atoms with Gasteiger partial charge in [-0.2, -0.15) is 0 Å². The van der Waals surface area contributed by atoms with E-state index in [1.165, 1.54) is 0 Å². The molecule has 0 aliphatic carbocycles. The fraction of sp³-hybridized carbons (Fsp3) is 0. The van der Waals surface area contributed by atoms with Crippen LogP contribution in [0.15, 0.2) is 154 Å². The zero-order valence-corrected chi connectivity index (χ0v) is 20.8. The number of benzene rings is 7. The molecule has 2 heteroatoms. The molecule has 42 heavy (non-hydrogen) atoms. The first kappa shape index (κ1) is 9.75. The third-order valence-electron chi connectivity index (χ3n) is 6.87. The molecule has 0 radical (unpaired) electrons. The molecule has 0 atom stereocenters. The van der Waals surface area contributed by atoms with E-state index in [0.717, 1.165) is 0 Å². The normalized spacial score (nSPS) is 19.8. The lowest BCUT2D eigenvalue weighted by molar-refractivity contribution is 0.636. The highest BCUT2D eigenvalue weighted by molar-refractivity contribution is 6.25. The van der Waals surface area contributed by atoms with Gasteiger partial charge in [0.25, 0.3) is 0 Å². The Morgan fingerprint density at radius 2 is 0.857 bits per heavy atom. The first-order valence-corrected chi connectivity index (χ1v) is 12.3. The Bertz CT molecular complexity index is 3670. The molecule has 0 unspecified atom stereocenters. The molecule has 0 N–H and O–H groups in total. The Hall–Kier alpha value is -5.60. The Kier molecular flexibility index (Phi) is 2.08. The van der Waals surface area contributed by atoms with Gasteiger partial charge in [-0.1, -0.05) is 127 Å². The van der Waals surface area contributed by atoms with Gasteiger partial charge in [0, 0.05) is 21.9 Å². The maximum Gasteiger partial charge on any atom is 0.147 e. The molecular weight excluding hydrogens is 512 g/mol. The number of hydrogen-bond donors (Lipinski definition) is 0. The molecule has 0 fully saturated rings. The second kappa shape index (κ2) is 8.95. The van der Waals surface area contributed by atoms with Gasteiger partial charge >= 0.3 is 0 Å². The van der Waals surface area contributed by atoms with Crippen molar-refractivity contribution < 1.29 is 41.7 Å². The van der Waals surface area contributed by atoms with Crippen LogP contribution in [0.4, 0.5) is 0 Å². The zero-order chi connectivity index (χ0) is 48.5. The molecule has 7 aromatic carbocycles. The summed E-state index contributed by atoms with van der Waals surface area (Å²) >= 11 is 0. The molecule has 0 amide bonds. The van der Waals surface area contributed by atoms with Crippen molar-refractivity contribution in [3.8, 4) is 33.6 Å². The highest BCUT2D eigenvalue weighted by Gasteiger charge is 2.25. The van der Waals surface area contributed by atoms with Gasteiger partial charge < -0.3 is 8.83 Å². The van der Waals surface area contributed by atoms with Crippen LogP contribution >= 0.6 is 0 Å². The van der Waals surface area contributed by atoms with E-state index in [9.17, 15) is 6.85 Å². The summed E-state index contributed by atoms with van der Waals surface area (Å²) in [5.41, 5.74) is -5.09. The Balaban J connectivity index is 1.71. The fourth-order valence-electron chi connectivity index (χ4n) is 5.24. The van der Waals surface area contributed by atoms with Crippen molar-refractivity contribution in [1.82, 2.24) is 0 Å². The van der Waals surface area contributed by atoms with E-state index < -0.39 is 228 Å². The summed E-state index contributed by atoms with van der Waals surface area (Å²) in [5.74, 6) is -0.795. The van der Waals surface area contributed by atoms with Crippen LogP contribution in [0, 0.1) is 0 Å². The summed E-state index contributed by atoms with van der Waals surface area (Å²) in [7, 11) is 0. The van der Waals surface area contributed by atoms with E-state index in [0.29, 0.717) is 0 Å². The van der Waals surface area contributed by atoms with Crippen molar-refractivity contribution >= 4 is 54.5 Å². The molecule has 9 rings (SSSR count). The van der Waals surface area contributed by atoms with E-state index in [4.69, 9.17) is 34.9 Å². The summed E-state index contributed by atoms with van der Waals surface area (Å²) in [6.45, 7) is 0. The minimum absolute atomic E-state index is 0.388. The molecule has 9 aromatic rings. The third-order valence-corrected chi connectivity index (χ3v) is 6.87. The van der Waals surface area contributed by atoms with Crippen LogP contribution in [0.2, 0.25) is 0 Å². The van der Waals surface area contributed by atoms with Crippen molar-refractivity contribution in [3.63, 3.8) is 0 Å². The molecule has 2 aromatic heterocycles. The second-order valence-electron chi connectivity index (χ2n) is 9.02. The molecule has 196 valence electrons. The largest absolute Gasteiger partial charge is 0.456 e. The maximum atomic E-state index is 9.43. The van der Waals surface area contributed by atoms with Crippen LogP contribution in [0.25, 0.3) is 88.0 Å². The minimum Gasteiger partial charge on any atom is -0.456 e. The van der Waals surface area contributed by atoms with Gasteiger partial charge in [0.15, 0.2) is 0 Å². The minimum atomic E-state index is -0.963. The van der Waals surface area contributed by atoms with Gasteiger partial charge in [0.2, 0.25) is 0 Å². The lowest BCUT2D eigenvalue weighted by Gasteiger charge is -2.17. The summed E-state index contributed by atoms with van der Waals surface area (Å²) in [6, 6.07) is -21.4. The monoisotopic (exact) mass is 560 g/mol. The predicted octanol–water partition coefficient (Wildman–Crippen LogP) is 11.6. The molecular formula is C40H24O2. The first-order chi connectivity index (χ1) is 30.8. The number of fused-ring (bicyclic) bond motifs is 7. The number of hydrogen-bond acceptors (Lipinski definition) is 2. The van der Waals surface area contributed by atoms with Gasteiger partial charge in [-0.05, 0) is 56.4 Å². The SMILES string of the molecule is [2H]c1c([2H])c([2H])c(-c2c3c([2H])c([2H])c([2H])c([2H])c3c(-c3oc4c(c([2H])c([2H])c5oc6c([2H])c([2H])c([2H])c([2H])c6c54)c3-c3c([2H])c([2H])c([2H])c([2H])c3[2H])c3c([2H])c([2H])c([2H])c([2H])c23)c([2H])c1[2H]. The first-order valence-electron chi connectivity index (χ1n) is 24.3. The van der Waals surface area contributed by atoms with Crippen molar-refractivity contribution in [2.75, 3.05) is 0 Å². The van der Waals surface area contributed by atoms with Crippen LogP contribution < -0.4 is 0 Å².